The van der Waals surface area contributed by atoms with Gasteiger partial charge in [0, 0.05) is 26.2 Å². The predicted molar refractivity (Wildman–Crippen MR) is 98.7 cm³/mol. The molecule has 2 aliphatic heterocycles. The highest BCUT2D eigenvalue weighted by Gasteiger charge is 2.33. The SMILES string of the molecule is O=C(CC1CN(Cc2ccccc2)CCO1)N1CCCCC1c1ncon1. The van der Waals surface area contributed by atoms with Gasteiger partial charge in [-0.25, -0.2) is 0 Å². The highest BCUT2D eigenvalue weighted by molar-refractivity contribution is 5.77. The maximum absolute atomic E-state index is 13.0. The monoisotopic (exact) mass is 370 g/mol. The van der Waals surface area contributed by atoms with Crippen molar-refractivity contribution in [3.05, 3.63) is 48.1 Å². The molecule has 4 rings (SSSR count). The van der Waals surface area contributed by atoms with E-state index in [-0.39, 0.29) is 18.1 Å². The highest BCUT2D eigenvalue weighted by Crippen LogP contribution is 2.29. The third-order valence-electron chi connectivity index (χ3n) is 5.37. The quantitative estimate of drug-likeness (QED) is 0.805. The van der Waals surface area contributed by atoms with Gasteiger partial charge in [0.1, 0.15) is 0 Å². The Labute approximate surface area is 159 Å². The molecule has 2 fully saturated rings. The molecular formula is C20H26N4O3. The standard InChI is InChI=1S/C20H26N4O3/c25-19(24-9-5-4-8-18(24)20-21-15-27-22-20)12-17-14-23(10-11-26-17)13-16-6-2-1-3-7-16/h1-3,6-7,15,17-18H,4-5,8-14H2. The van der Waals surface area contributed by atoms with Gasteiger partial charge < -0.3 is 14.2 Å². The summed E-state index contributed by atoms with van der Waals surface area (Å²) in [5, 5.41) is 3.96. The number of benzene rings is 1. The van der Waals surface area contributed by atoms with Crippen LogP contribution in [-0.4, -0.2) is 58.2 Å². The summed E-state index contributed by atoms with van der Waals surface area (Å²) in [4.78, 5) is 21.4. The summed E-state index contributed by atoms with van der Waals surface area (Å²) in [5.74, 6) is 0.731. The molecule has 27 heavy (non-hydrogen) atoms. The third kappa shape index (κ3) is 4.54. The maximum atomic E-state index is 13.0. The van der Waals surface area contributed by atoms with Crippen LogP contribution in [0.5, 0.6) is 0 Å². The van der Waals surface area contributed by atoms with E-state index >= 15 is 0 Å². The molecule has 0 N–H and O–H groups in total. The molecule has 0 spiro atoms. The molecule has 2 saturated heterocycles. The van der Waals surface area contributed by atoms with E-state index in [9.17, 15) is 4.79 Å². The van der Waals surface area contributed by atoms with Crippen molar-refractivity contribution >= 4 is 5.91 Å². The normalized spacial score (nSPS) is 24.1. The van der Waals surface area contributed by atoms with Crippen molar-refractivity contribution in [3.63, 3.8) is 0 Å². The smallest absolute Gasteiger partial charge is 0.225 e. The third-order valence-corrected chi connectivity index (χ3v) is 5.37. The number of hydrogen-bond acceptors (Lipinski definition) is 6. The molecule has 1 aromatic carbocycles. The zero-order valence-corrected chi connectivity index (χ0v) is 15.5. The minimum atomic E-state index is -0.0750. The summed E-state index contributed by atoms with van der Waals surface area (Å²) in [6.07, 6.45) is 4.65. The highest BCUT2D eigenvalue weighted by atomic mass is 16.5. The Morgan fingerprint density at radius 3 is 2.89 bits per heavy atom. The van der Waals surface area contributed by atoms with Gasteiger partial charge in [-0.15, -0.1) is 0 Å². The summed E-state index contributed by atoms with van der Waals surface area (Å²) < 4.78 is 10.8. The number of carbonyl (C=O) groups excluding carboxylic acids is 1. The number of likely N-dealkylation sites (tertiary alicyclic amines) is 1. The first kappa shape index (κ1) is 18.1. The second-order valence-corrected chi connectivity index (χ2v) is 7.31. The van der Waals surface area contributed by atoms with Crippen LogP contribution in [0, 0.1) is 0 Å². The maximum Gasteiger partial charge on any atom is 0.225 e. The zero-order chi connectivity index (χ0) is 18.5. The molecule has 0 saturated carbocycles. The van der Waals surface area contributed by atoms with Crippen molar-refractivity contribution in [2.45, 2.75) is 44.4 Å². The molecule has 0 aliphatic carbocycles. The molecule has 7 heteroatoms. The first-order chi connectivity index (χ1) is 13.3. The van der Waals surface area contributed by atoms with Gasteiger partial charge in [-0.3, -0.25) is 9.69 Å². The summed E-state index contributed by atoms with van der Waals surface area (Å²) >= 11 is 0. The number of carbonyl (C=O) groups is 1. The van der Waals surface area contributed by atoms with Crippen molar-refractivity contribution in [2.75, 3.05) is 26.2 Å². The molecule has 2 aromatic rings. The number of aromatic nitrogens is 2. The fraction of sp³-hybridized carbons (Fsp3) is 0.550. The van der Waals surface area contributed by atoms with E-state index in [1.54, 1.807) is 0 Å². The first-order valence-electron chi connectivity index (χ1n) is 9.73. The Balaban J connectivity index is 1.35. The number of ether oxygens (including phenoxy) is 1. The van der Waals surface area contributed by atoms with Gasteiger partial charge in [0.05, 0.1) is 25.2 Å². The number of nitrogens with zero attached hydrogens (tertiary/aromatic N) is 4. The van der Waals surface area contributed by atoms with Gasteiger partial charge >= 0.3 is 0 Å². The molecule has 3 heterocycles. The Morgan fingerprint density at radius 1 is 1.19 bits per heavy atom. The van der Waals surface area contributed by atoms with Crippen LogP contribution in [0.15, 0.2) is 41.2 Å². The van der Waals surface area contributed by atoms with Gasteiger partial charge in [0.2, 0.25) is 12.3 Å². The lowest BCUT2D eigenvalue weighted by atomic mass is 10.0. The Kier molecular flexibility index (Phi) is 5.79. The summed E-state index contributed by atoms with van der Waals surface area (Å²) in [6, 6.07) is 10.4. The number of hydrogen-bond donors (Lipinski definition) is 0. The molecular weight excluding hydrogens is 344 g/mol. The molecule has 0 radical (unpaired) electrons. The molecule has 2 atom stereocenters. The van der Waals surface area contributed by atoms with Crippen LogP contribution in [0.4, 0.5) is 0 Å². The molecule has 0 bridgehead atoms. The van der Waals surface area contributed by atoms with E-state index in [2.05, 4.69) is 39.3 Å². The van der Waals surface area contributed by atoms with Gasteiger partial charge in [-0.2, -0.15) is 4.98 Å². The van der Waals surface area contributed by atoms with E-state index in [1.165, 1.54) is 12.0 Å². The van der Waals surface area contributed by atoms with Crippen LogP contribution < -0.4 is 0 Å². The van der Waals surface area contributed by atoms with E-state index < -0.39 is 0 Å². The summed E-state index contributed by atoms with van der Waals surface area (Å²) in [6.45, 7) is 3.98. The minimum Gasteiger partial charge on any atom is -0.375 e. The van der Waals surface area contributed by atoms with Crippen LogP contribution in [-0.2, 0) is 16.1 Å². The molecule has 7 nitrogen and oxygen atoms in total. The molecule has 144 valence electrons. The average Bonchev–Trinajstić information content (AvgIpc) is 3.24. The Morgan fingerprint density at radius 2 is 2.07 bits per heavy atom. The number of amides is 1. The van der Waals surface area contributed by atoms with Crippen molar-refractivity contribution in [3.8, 4) is 0 Å². The molecule has 2 aliphatic rings. The van der Waals surface area contributed by atoms with Crippen molar-refractivity contribution in [2.24, 2.45) is 0 Å². The topological polar surface area (TPSA) is 71.7 Å². The second-order valence-electron chi connectivity index (χ2n) is 7.31. The predicted octanol–water partition coefficient (Wildman–Crippen LogP) is 2.41. The Bertz CT molecular complexity index is 722. The second kappa shape index (κ2) is 8.63. The van der Waals surface area contributed by atoms with Gasteiger partial charge in [-0.05, 0) is 24.8 Å². The van der Waals surface area contributed by atoms with Gasteiger partial charge in [-0.1, -0.05) is 35.5 Å². The lowest BCUT2D eigenvalue weighted by Crippen LogP contribution is -2.46. The van der Waals surface area contributed by atoms with E-state index in [0.29, 0.717) is 18.9 Å². The number of rotatable bonds is 5. The van der Waals surface area contributed by atoms with E-state index in [4.69, 9.17) is 9.26 Å². The van der Waals surface area contributed by atoms with Gasteiger partial charge in [0.25, 0.3) is 0 Å². The zero-order valence-electron chi connectivity index (χ0n) is 15.5. The fourth-order valence-electron chi connectivity index (χ4n) is 4.03. The summed E-state index contributed by atoms with van der Waals surface area (Å²) in [7, 11) is 0. The Hall–Kier alpha value is -2.25. The largest absolute Gasteiger partial charge is 0.375 e. The average molecular weight is 370 g/mol. The number of morpholine rings is 1. The van der Waals surface area contributed by atoms with E-state index in [0.717, 1.165) is 45.4 Å². The van der Waals surface area contributed by atoms with Crippen molar-refractivity contribution in [1.29, 1.82) is 0 Å². The van der Waals surface area contributed by atoms with Crippen molar-refractivity contribution in [1.82, 2.24) is 19.9 Å². The lowest BCUT2D eigenvalue weighted by Gasteiger charge is -2.37. The van der Waals surface area contributed by atoms with Crippen LogP contribution in [0.3, 0.4) is 0 Å². The van der Waals surface area contributed by atoms with Crippen LogP contribution in [0.25, 0.3) is 0 Å². The van der Waals surface area contributed by atoms with Crippen molar-refractivity contribution < 1.29 is 14.1 Å². The molecule has 2 unspecified atom stereocenters. The fourth-order valence-corrected chi connectivity index (χ4v) is 4.03. The summed E-state index contributed by atoms with van der Waals surface area (Å²) in [5.41, 5.74) is 1.29. The lowest BCUT2D eigenvalue weighted by molar-refractivity contribution is -0.140. The molecule has 1 aromatic heterocycles. The van der Waals surface area contributed by atoms with Crippen LogP contribution in [0.1, 0.15) is 43.1 Å². The van der Waals surface area contributed by atoms with Crippen LogP contribution >= 0.6 is 0 Å². The van der Waals surface area contributed by atoms with Crippen LogP contribution in [0.2, 0.25) is 0 Å². The first-order valence-corrected chi connectivity index (χ1v) is 9.73. The van der Waals surface area contributed by atoms with Gasteiger partial charge in [0.15, 0.2) is 5.82 Å². The minimum absolute atomic E-state index is 0.0668. The number of piperidine rings is 1. The van der Waals surface area contributed by atoms with E-state index in [1.807, 2.05) is 11.0 Å². The molecule has 1 amide bonds.